The van der Waals surface area contributed by atoms with Gasteiger partial charge in [0.25, 0.3) is 0 Å². The number of anilines is 1. The number of nitrogens with two attached hydrogens (primary N) is 1. The van der Waals surface area contributed by atoms with Gasteiger partial charge in [0.1, 0.15) is 5.82 Å². The van der Waals surface area contributed by atoms with Crippen LogP contribution in [0.3, 0.4) is 0 Å². The third kappa shape index (κ3) is 3.38. The van der Waals surface area contributed by atoms with Crippen molar-refractivity contribution in [3.8, 4) is 0 Å². The van der Waals surface area contributed by atoms with Crippen LogP contribution in [0.15, 0.2) is 42.6 Å². The summed E-state index contributed by atoms with van der Waals surface area (Å²) in [5.74, 6) is 0.433. The van der Waals surface area contributed by atoms with E-state index in [4.69, 9.17) is 5.73 Å². The van der Waals surface area contributed by atoms with Crippen molar-refractivity contribution in [2.45, 2.75) is 31.1 Å². The first-order valence-corrected chi connectivity index (χ1v) is 9.19. The molecule has 1 heterocycles. The third-order valence-corrected chi connectivity index (χ3v) is 6.65. The van der Waals surface area contributed by atoms with E-state index in [1.165, 1.54) is 9.87 Å². The van der Waals surface area contributed by atoms with Crippen molar-refractivity contribution < 1.29 is 8.42 Å². The van der Waals surface area contributed by atoms with Gasteiger partial charge in [-0.15, -0.1) is 0 Å². The summed E-state index contributed by atoms with van der Waals surface area (Å²) in [5, 5.41) is -0.357. The number of rotatable bonds is 4. The van der Waals surface area contributed by atoms with Crippen LogP contribution in [0.1, 0.15) is 23.1 Å². The molecule has 0 saturated carbocycles. The smallest absolute Gasteiger partial charge is 0.217 e. The van der Waals surface area contributed by atoms with Gasteiger partial charge in [0.15, 0.2) is 0 Å². The normalized spacial score (nSPS) is 17.9. The van der Waals surface area contributed by atoms with E-state index in [0.29, 0.717) is 25.2 Å². The standard InChI is InChI=1S/C17H21N3O2S/c1-20(12-13-6-9-17(18)19-11-13)23(21,22)16-8-7-14-4-2-3-5-15(14)10-16/h2-6,9,11,16H,7-8,10,12H2,1H3,(H2,18,19). The molecule has 1 aliphatic rings. The van der Waals surface area contributed by atoms with E-state index in [-0.39, 0.29) is 5.25 Å². The summed E-state index contributed by atoms with van der Waals surface area (Å²) in [7, 11) is -1.71. The maximum Gasteiger partial charge on any atom is 0.217 e. The number of aryl methyl sites for hydroxylation is 1. The van der Waals surface area contributed by atoms with Crippen LogP contribution < -0.4 is 5.73 Å². The topological polar surface area (TPSA) is 76.3 Å². The maximum absolute atomic E-state index is 12.8. The molecule has 6 heteroatoms. The van der Waals surface area contributed by atoms with Crippen molar-refractivity contribution >= 4 is 15.8 Å². The molecule has 23 heavy (non-hydrogen) atoms. The highest BCUT2D eigenvalue weighted by Crippen LogP contribution is 2.27. The van der Waals surface area contributed by atoms with E-state index in [9.17, 15) is 8.42 Å². The molecule has 1 aromatic carbocycles. The summed E-state index contributed by atoms with van der Waals surface area (Å²) in [6.07, 6.45) is 3.70. The van der Waals surface area contributed by atoms with Gasteiger partial charge in [-0.1, -0.05) is 30.3 Å². The first-order valence-electron chi connectivity index (χ1n) is 7.69. The molecule has 0 bridgehead atoms. The Bertz CT molecular complexity index is 788. The van der Waals surface area contributed by atoms with Gasteiger partial charge in [0.2, 0.25) is 10.0 Å². The fraction of sp³-hybridized carbons (Fsp3) is 0.353. The van der Waals surface area contributed by atoms with Crippen molar-refractivity contribution in [1.29, 1.82) is 0 Å². The first-order chi connectivity index (χ1) is 11.0. The fourth-order valence-electron chi connectivity index (χ4n) is 3.05. The van der Waals surface area contributed by atoms with E-state index in [1.807, 2.05) is 24.3 Å². The second kappa shape index (κ2) is 6.29. The minimum atomic E-state index is -3.34. The Labute approximate surface area is 137 Å². The van der Waals surface area contributed by atoms with Crippen LogP contribution in [-0.2, 0) is 29.4 Å². The number of nitrogen functional groups attached to an aromatic ring is 1. The summed E-state index contributed by atoms with van der Waals surface area (Å²) in [6, 6.07) is 11.6. The quantitative estimate of drug-likeness (QED) is 0.929. The molecule has 5 nitrogen and oxygen atoms in total. The second-order valence-electron chi connectivity index (χ2n) is 6.03. The summed E-state index contributed by atoms with van der Waals surface area (Å²) in [4.78, 5) is 4.01. The van der Waals surface area contributed by atoms with Gasteiger partial charge in [-0.05, 0) is 42.0 Å². The van der Waals surface area contributed by atoms with Gasteiger partial charge in [-0.25, -0.2) is 17.7 Å². The van der Waals surface area contributed by atoms with Crippen LogP contribution in [0.25, 0.3) is 0 Å². The van der Waals surface area contributed by atoms with Crippen LogP contribution in [0, 0.1) is 0 Å². The zero-order valence-electron chi connectivity index (χ0n) is 13.1. The van der Waals surface area contributed by atoms with E-state index < -0.39 is 10.0 Å². The number of sulfonamides is 1. The first kappa shape index (κ1) is 16.0. The van der Waals surface area contributed by atoms with Gasteiger partial charge in [0.05, 0.1) is 5.25 Å². The highest BCUT2D eigenvalue weighted by Gasteiger charge is 2.32. The van der Waals surface area contributed by atoms with Crippen LogP contribution in [0.4, 0.5) is 5.82 Å². The monoisotopic (exact) mass is 331 g/mol. The van der Waals surface area contributed by atoms with Crippen LogP contribution in [-0.4, -0.2) is 30.0 Å². The summed E-state index contributed by atoms with van der Waals surface area (Å²) >= 11 is 0. The van der Waals surface area contributed by atoms with E-state index >= 15 is 0 Å². The number of pyridine rings is 1. The summed E-state index contributed by atoms with van der Waals surface area (Å²) in [5.41, 5.74) is 8.81. The SMILES string of the molecule is CN(Cc1ccc(N)nc1)S(=O)(=O)C1CCc2ccccc2C1. The molecule has 1 aromatic heterocycles. The Morgan fingerprint density at radius 1 is 1.22 bits per heavy atom. The lowest BCUT2D eigenvalue weighted by Crippen LogP contribution is -2.38. The van der Waals surface area contributed by atoms with Crippen LogP contribution in [0.2, 0.25) is 0 Å². The minimum absolute atomic E-state index is 0.313. The highest BCUT2D eigenvalue weighted by atomic mass is 32.2. The molecule has 0 amide bonds. The minimum Gasteiger partial charge on any atom is -0.384 e. The zero-order valence-corrected chi connectivity index (χ0v) is 14.0. The van der Waals surface area contributed by atoms with Crippen molar-refractivity contribution in [3.05, 3.63) is 59.3 Å². The molecular formula is C17H21N3O2S. The van der Waals surface area contributed by atoms with Crippen molar-refractivity contribution in [2.24, 2.45) is 0 Å². The fourth-order valence-corrected chi connectivity index (χ4v) is 4.69. The predicted molar refractivity (Wildman–Crippen MR) is 91.3 cm³/mol. The van der Waals surface area contributed by atoms with Gasteiger partial charge < -0.3 is 5.73 Å². The van der Waals surface area contributed by atoms with Crippen molar-refractivity contribution in [3.63, 3.8) is 0 Å². The number of fused-ring (bicyclic) bond motifs is 1. The number of aromatic nitrogens is 1. The van der Waals surface area contributed by atoms with Crippen LogP contribution >= 0.6 is 0 Å². The molecular weight excluding hydrogens is 310 g/mol. The van der Waals surface area contributed by atoms with E-state index in [0.717, 1.165) is 17.5 Å². The number of benzene rings is 1. The Morgan fingerprint density at radius 3 is 2.65 bits per heavy atom. The lowest BCUT2D eigenvalue weighted by atomic mass is 9.92. The predicted octanol–water partition coefficient (Wildman–Crippen LogP) is 1.98. The number of hydrogen-bond acceptors (Lipinski definition) is 4. The summed E-state index contributed by atoms with van der Waals surface area (Å²) in [6.45, 7) is 0.313. The number of hydrogen-bond donors (Lipinski definition) is 1. The Kier molecular flexibility index (Phi) is 4.37. The van der Waals surface area contributed by atoms with Gasteiger partial charge in [-0.3, -0.25) is 0 Å². The molecule has 1 atom stereocenters. The van der Waals surface area contributed by atoms with Crippen molar-refractivity contribution in [2.75, 3.05) is 12.8 Å². The zero-order chi connectivity index (χ0) is 16.4. The maximum atomic E-state index is 12.8. The molecule has 2 N–H and O–H groups in total. The molecule has 3 rings (SSSR count). The van der Waals surface area contributed by atoms with Gasteiger partial charge >= 0.3 is 0 Å². The lowest BCUT2D eigenvalue weighted by molar-refractivity contribution is 0.447. The van der Waals surface area contributed by atoms with Crippen molar-refractivity contribution in [1.82, 2.24) is 9.29 Å². The number of nitrogens with zero attached hydrogens (tertiary/aromatic N) is 2. The molecule has 1 unspecified atom stereocenters. The Hall–Kier alpha value is -1.92. The molecule has 0 spiro atoms. The summed E-state index contributed by atoms with van der Waals surface area (Å²) < 4.78 is 27.1. The second-order valence-corrected chi connectivity index (χ2v) is 8.35. The third-order valence-electron chi connectivity index (χ3n) is 4.41. The van der Waals surface area contributed by atoms with Crippen LogP contribution in [0.5, 0.6) is 0 Å². The molecule has 1 aliphatic carbocycles. The molecule has 0 fully saturated rings. The average Bonchev–Trinajstić information content (AvgIpc) is 2.56. The molecule has 2 aromatic rings. The largest absolute Gasteiger partial charge is 0.384 e. The van der Waals surface area contributed by atoms with E-state index in [2.05, 4.69) is 11.1 Å². The average molecular weight is 331 g/mol. The van der Waals surface area contributed by atoms with Gasteiger partial charge in [-0.2, -0.15) is 0 Å². The molecule has 0 saturated heterocycles. The Morgan fingerprint density at radius 2 is 1.96 bits per heavy atom. The lowest BCUT2D eigenvalue weighted by Gasteiger charge is -2.28. The van der Waals surface area contributed by atoms with E-state index in [1.54, 1.807) is 19.3 Å². The molecule has 122 valence electrons. The molecule has 0 radical (unpaired) electrons. The highest BCUT2D eigenvalue weighted by molar-refractivity contribution is 7.89. The van der Waals surface area contributed by atoms with Gasteiger partial charge in [0, 0.05) is 19.8 Å². The molecule has 0 aliphatic heterocycles. The Balaban J connectivity index is 1.75.